The maximum absolute atomic E-state index is 4.88. The fourth-order valence-corrected chi connectivity index (χ4v) is 1.16. The van der Waals surface area contributed by atoms with Crippen molar-refractivity contribution in [1.29, 1.82) is 0 Å². The van der Waals surface area contributed by atoms with E-state index in [1.54, 1.807) is 0 Å². The van der Waals surface area contributed by atoms with Gasteiger partial charge in [-0.25, -0.2) is 0 Å². The van der Waals surface area contributed by atoms with Crippen LogP contribution in [0.25, 0.3) is 0 Å². The third-order valence-electron chi connectivity index (χ3n) is 1.45. The molecule has 2 nitrogen and oxygen atoms in total. The number of halogens is 1. The Morgan fingerprint density at radius 2 is 2.33 bits per heavy atom. The van der Waals surface area contributed by atoms with Crippen molar-refractivity contribution < 1.29 is 18.1 Å². The molecule has 0 spiro atoms. The van der Waals surface area contributed by atoms with Crippen molar-refractivity contribution in [3.63, 3.8) is 0 Å². The predicted molar refractivity (Wildman–Crippen MR) is 36.5 cm³/mol. The maximum Gasteiger partial charge on any atom is 0.186 e. The Kier molecular flexibility index (Phi) is 4.31. The largest absolute Gasteiger partial charge is 1.00 e. The summed E-state index contributed by atoms with van der Waals surface area (Å²) in [4.78, 5) is 0.863. The van der Waals surface area contributed by atoms with Crippen molar-refractivity contribution in [2.75, 3.05) is 6.54 Å². The molecule has 54 valence electrons. The summed E-state index contributed by atoms with van der Waals surface area (Å²) >= 11 is 4.88. The SMILES string of the molecule is [Cl-].[NH3+]C(=S)C1CCCN1. The number of thiocarbonyl (C=S) groups is 1. The molecule has 1 aliphatic heterocycles. The van der Waals surface area contributed by atoms with E-state index in [9.17, 15) is 0 Å². The highest BCUT2D eigenvalue weighted by Crippen LogP contribution is 2.02. The second-order valence-electron chi connectivity index (χ2n) is 2.12. The molecule has 0 aromatic heterocycles. The Morgan fingerprint density at radius 1 is 1.67 bits per heavy atom. The Bertz CT molecular complexity index is 101. The zero-order valence-corrected chi connectivity index (χ0v) is 6.76. The quantitative estimate of drug-likeness (QED) is 0.394. The molecule has 0 amide bonds. The van der Waals surface area contributed by atoms with Crippen LogP contribution in [0.2, 0.25) is 0 Å². The maximum atomic E-state index is 4.88. The third kappa shape index (κ3) is 2.58. The van der Waals surface area contributed by atoms with Gasteiger partial charge in [0.05, 0.1) is 6.04 Å². The molecule has 1 aliphatic rings. The van der Waals surface area contributed by atoms with Gasteiger partial charge in [-0.15, -0.1) is 0 Å². The summed E-state index contributed by atoms with van der Waals surface area (Å²) in [5.41, 5.74) is 3.69. The minimum Gasteiger partial charge on any atom is -1.00 e. The van der Waals surface area contributed by atoms with E-state index >= 15 is 0 Å². The predicted octanol–water partition coefficient (Wildman–Crippen LogP) is -3.69. The molecule has 0 aromatic rings. The van der Waals surface area contributed by atoms with Crippen LogP contribution in [0.5, 0.6) is 0 Å². The molecule has 0 saturated carbocycles. The lowest BCUT2D eigenvalue weighted by Gasteiger charge is -2.00. The molecular weight excluding hydrogens is 156 g/mol. The van der Waals surface area contributed by atoms with Crippen molar-refractivity contribution in [2.24, 2.45) is 0 Å². The van der Waals surface area contributed by atoms with Gasteiger partial charge in [-0.2, -0.15) is 0 Å². The van der Waals surface area contributed by atoms with Crippen molar-refractivity contribution in [3.8, 4) is 0 Å². The summed E-state index contributed by atoms with van der Waals surface area (Å²) in [6.45, 7) is 1.11. The Hall–Kier alpha value is 0.300. The zero-order valence-electron chi connectivity index (χ0n) is 5.19. The van der Waals surface area contributed by atoms with E-state index in [0.717, 1.165) is 11.5 Å². The van der Waals surface area contributed by atoms with Crippen LogP contribution in [0.15, 0.2) is 0 Å². The van der Waals surface area contributed by atoms with Crippen LogP contribution >= 0.6 is 12.2 Å². The van der Waals surface area contributed by atoms with Crippen LogP contribution in [0.4, 0.5) is 0 Å². The number of hydrogen-bond donors (Lipinski definition) is 2. The van der Waals surface area contributed by atoms with Gasteiger partial charge in [-0.1, -0.05) is 0 Å². The van der Waals surface area contributed by atoms with Crippen LogP contribution in [0.1, 0.15) is 12.8 Å². The summed E-state index contributed by atoms with van der Waals surface area (Å²) in [6, 6.07) is 0.435. The highest BCUT2D eigenvalue weighted by atomic mass is 35.5. The molecule has 1 atom stereocenters. The highest BCUT2D eigenvalue weighted by Gasteiger charge is 2.18. The molecule has 1 rings (SSSR count). The topological polar surface area (TPSA) is 39.7 Å². The van der Waals surface area contributed by atoms with Gasteiger partial charge in [0.1, 0.15) is 0 Å². The molecule has 1 heterocycles. The molecule has 9 heavy (non-hydrogen) atoms. The second-order valence-corrected chi connectivity index (χ2v) is 2.64. The van der Waals surface area contributed by atoms with Gasteiger partial charge in [0.15, 0.2) is 4.99 Å². The van der Waals surface area contributed by atoms with Crippen LogP contribution in [0, 0.1) is 0 Å². The van der Waals surface area contributed by atoms with E-state index in [2.05, 4.69) is 11.1 Å². The normalized spacial score (nSPS) is 25.2. The summed E-state index contributed by atoms with van der Waals surface area (Å²) < 4.78 is 0. The Labute approximate surface area is 66.6 Å². The van der Waals surface area contributed by atoms with Crippen LogP contribution in [0.3, 0.4) is 0 Å². The molecular formula is C5H11ClN2S. The minimum atomic E-state index is 0. The number of quaternary nitrogens is 1. The fourth-order valence-electron chi connectivity index (χ4n) is 0.959. The number of nitrogens with one attached hydrogen (secondary N) is 1. The lowest BCUT2D eigenvalue weighted by molar-refractivity contribution is -0.214. The van der Waals surface area contributed by atoms with E-state index in [1.807, 2.05) is 0 Å². The molecule has 4 heteroatoms. The Morgan fingerprint density at radius 3 is 2.56 bits per heavy atom. The molecule has 1 saturated heterocycles. The van der Waals surface area contributed by atoms with E-state index in [1.165, 1.54) is 12.8 Å². The van der Waals surface area contributed by atoms with Crippen molar-refractivity contribution in [3.05, 3.63) is 0 Å². The fraction of sp³-hybridized carbons (Fsp3) is 0.800. The van der Waals surface area contributed by atoms with Gasteiger partial charge < -0.3 is 23.5 Å². The molecule has 0 aliphatic carbocycles. The minimum absolute atomic E-state index is 0. The monoisotopic (exact) mass is 166 g/mol. The summed E-state index contributed by atoms with van der Waals surface area (Å²) in [6.07, 6.45) is 2.43. The van der Waals surface area contributed by atoms with Crippen LogP contribution < -0.4 is 23.5 Å². The van der Waals surface area contributed by atoms with Crippen molar-refractivity contribution in [2.45, 2.75) is 18.9 Å². The summed E-state index contributed by atoms with van der Waals surface area (Å²) in [5.74, 6) is 0. The number of rotatable bonds is 1. The molecule has 1 unspecified atom stereocenters. The first-order chi connectivity index (χ1) is 3.80. The van der Waals surface area contributed by atoms with E-state index in [0.29, 0.717) is 6.04 Å². The smallest absolute Gasteiger partial charge is 0.186 e. The first-order valence-corrected chi connectivity index (χ1v) is 3.31. The number of hydrogen-bond acceptors (Lipinski definition) is 2. The van der Waals surface area contributed by atoms with Crippen molar-refractivity contribution >= 4 is 17.2 Å². The van der Waals surface area contributed by atoms with E-state index in [-0.39, 0.29) is 12.4 Å². The van der Waals surface area contributed by atoms with Gasteiger partial charge >= 0.3 is 0 Å². The Balaban J connectivity index is 0.000000640. The summed E-state index contributed by atoms with van der Waals surface area (Å²) in [5, 5.41) is 3.25. The van der Waals surface area contributed by atoms with Gasteiger partial charge in [-0.05, 0) is 31.6 Å². The van der Waals surface area contributed by atoms with E-state index in [4.69, 9.17) is 12.2 Å². The lowest BCUT2D eigenvalue weighted by Crippen LogP contribution is -3.00. The molecule has 0 radical (unpaired) electrons. The zero-order chi connectivity index (χ0) is 5.98. The molecule has 0 bridgehead atoms. The van der Waals surface area contributed by atoms with Crippen molar-refractivity contribution in [1.82, 2.24) is 5.32 Å². The van der Waals surface area contributed by atoms with Gasteiger partial charge in [0.25, 0.3) is 0 Å². The van der Waals surface area contributed by atoms with Crippen LogP contribution in [-0.2, 0) is 0 Å². The standard InChI is InChI=1S/C5H10N2S.ClH/c6-5(8)4-2-1-3-7-4;/h4,7H,1-3H2,(H2,6,8);1H. The van der Waals surface area contributed by atoms with Gasteiger partial charge in [-0.3, -0.25) is 0 Å². The molecule has 0 aromatic carbocycles. The summed E-state index contributed by atoms with van der Waals surface area (Å²) in [7, 11) is 0. The second kappa shape index (κ2) is 4.17. The first kappa shape index (κ1) is 9.30. The molecule has 4 N–H and O–H groups in total. The highest BCUT2D eigenvalue weighted by molar-refractivity contribution is 7.80. The molecule has 1 fully saturated rings. The lowest BCUT2D eigenvalue weighted by atomic mass is 10.2. The van der Waals surface area contributed by atoms with Gasteiger partial charge in [0, 0.05) is 0 Å². The van der Waals surface area contributed by atoms with Gasteiger partial charge in [0.2, 0.25) is 0 Å². The average molecular weight is 167 g/mol. The average Bonchev–Trinajstić information content (AvgIpc) is 2.12. The van der Waals surface area contributed by atoms with Crippen LogP contribution in [-0.4, -0.2) is 17.6 Å². The third-order valence-corrected chi connectivity index (χ3v) is 1.73. The van der Waals surface area contributed by atoms with E-state index < -0.39 is 0 Å². The first-order valence-electron chi connectivity index (χ1n) is 2.90.